The van der Waals surface area contributed by atoms with Gasteiger partial charge in [0, 0.05) is 35.9 Å². The van der Waals surface area contributed by atoms with Gasteiger partial charge in [-0.3, -0.25) is 4.90 Å². The van der Waals surface area contributed by atoms with Gasteiger partial charge in [0.25, 0.3) is 0 Å². The van der Waals surface area contributed by atoms with Crippen LogP contribution in [-0.2, 0) is 6.54 Å². The molecule has 0 amide bonds. The van der Waals surface area contributed by atoms with Crippen molar-refractivity contribution in [2.45, 2.75) is 20.4 Å². The minimum Gasteiger partial charge on any atom is -0.396 e. The zero-order chi connectivity index (χ0) is 16.7. The van der Waals surface area contributed by atoms with E-state index < -0.39 is 0 Å². The molecule has 124 valence electrons. The predicted molar refractivity (Wildman–Crippen MR) is 89.6 cm³/mol. The minimum absolute atomic E-state index is 0.0464. The molecule has 3 rings (SSSR count). The number of hydrogen-bond donors (Lipinski definition) is 2. The van der Waals surface area contributed by atoms with E-state index >= 15 is 0 Å². The minimum atomic E-state index is -0.336. The Bertz CT molecular complexity index is 702. The Balaban J connectivity index is 1.91. The lowest BCUT2D eigenvalue weighted by atomic mass is 9.69. The molecular formula is C19H24FNO2. The molecule has 1 fully saturated rings. The fraction of sp³-hybridized carbons (Fsp3) is 0.474. The van der Waals surface area contributed by atoms with Crippen LogP contribution in [0.5, 0.6) is 0 Å². The second-order valence-corrected chi connectivity index (χ2v) is 7.33. The number of rotatable bonds is 4. The maximum Gasteiger partial charge on any atom is 0.131 e. The van der Waals surface area contributed by atoms with E-state index in [9.17, 15) is 14.6 Å². The van der Waals surface area contributed by atoms with Crippen molar-refractivity contribution in [1.29, 1.82) is 0 Å². The van der Waals surface area contributed by atoms with Gasteiger partial charge in [-0.2, -0.15) is 0 Å². The largest absolute Gasteiger partial charge is 0.396 e. The van der Waals surface area contributed by atoms with Crippen LogP contribution in [0.3, 0.4) is 0 Å². The van der Waals surface area contributed by atoms with Gasteiger partial charge in [-0.05, 0) is 17.0 Å². The SMILES string of the molecule is C[C@]1(CO)CN(Cc2ccc(F)c3ccccc23)C[C@@]1(C)CO. The summed E-state index contributed by atoms with van der Waals surface area (Å²) in [5.41, 5.74) is 0.402. The third kappa shape index (κ3) is 2.65. The normalized spacial score (nSPS) is 28.6. The van der Waals surface area contributed by atoms with Gasteiger partial charge in [0.2, 0.25) is 0 Å². The molecule has 1 saturated heterocycles. The summed E-state index contributed by atoms with van der Waals surface area (Å²) in [5.74, 6) is -0.203. The zero-order valence-corrected chi connectivity index (χ0v) is 13.7. The zero-order valence-electron chi connectivity index (χ0n) is 13.7. The van der Waals surface area contributed by atoms with Crippen LogP contribution in [0.15, 0.2) is 36.4 Å². The molecular weight excluding hydrogens is 293 g/mol. The van der Waals surface area contributed by atoms with Crippen LogP contribution in [0.2, 0.25) is 0 Å². The lowest BCUT2D eigenvalue weighted by Crippen LogP contribution is -2.41. The van der Waals surface area contributed by atoms with Crippen LogP contribution in [0, 0.1) is 16.6 Å². The molecule has 1 aliphatic rings. The van der Waals surface area contributed by atoms with Gasteiger partial charge in [-0.25, -0.2) is 4.39 Å². The number of hydrogen-bond acceptors (Lipinski definition) is 3. The summed E-state index contributed by atoms with van der Waals surface area (Å²) < 4.78 is 14.0. The highest BCUT2D eigenvalue weighted by Gasteiger charge is 2.51. The second kappa shape index (κ2) is 5.86. The first-order valence-corrected chi connectivity index (χ1v) is 8.03. The number of nitrogens with zero attached hydrogens (tertiary/aromatic N) is 1. The molecule has 0 bridgehead atoms. The topological polar surface area (TPSA) is 43.7 Å². The third-order valence-electron chi connectivity index (χ3n) is 5.66. The van der Waals surface area contributed by atoms with Gasteiger partial charge < -0.3 is 10.2 Å². The summed E-state index contributed by atoms with van der Waals surface area (Å²) in [4.78, 5) is 2.24. The second-order valence-electron chi connectivity index (χ2n) is 7.33. The van der Waals surface area contributed by atoms with Crippen molar-refractivity contribution in [2.75, 3.05) is 26.3 Å². The number of fused-ring (bicyclic) bond motifs is 1. The van der Waals surface area contributed by atoms with Crippen molar-refractivity contribution in [3.63, 3.8) is 0 Å². The fourth-order valence-corrected chi connectivity index (χ4v) is 3.72. The van der Waals surface area contributed by atoms with Crippen LogP contribution in [0.4, 0.5) is 4.39 Å². The fourth-order valence-electron chi connectivity index (χ4n) is 3.72. The molecule has 0 radical (unpaired) electrons. The van der Waals surface area contributed by atoms with Crippen molar-refractivity contribution in [1.82, 2.24) is 4.90 Å². The summed E-state index contributed by atoms with van der Waals surface area (Å²) in [7, 11) is 0. The van der Waals surface area contributed by atoms with Gasteiger partial charge in [0.1, 0.15) is 5.82 Å². The molecule has 2 atom stereocenters. The highest BCUT2D eigenvalue weighted by molar-refractivity contribution is 5.86. The highest BCUT2D eigenvalue weighted by atomic mass is 19.1. The quantitative estimate of drug-likeness (QED) is 0.911. The number of benzene rings is 2. The van der Waals surface area contributed by atoms with E-state index in [1.54, 1.807) is 6.07 Å². The van der Waals surface area contributed by atoms with Gasteiger partial charge in [-0.15, -0.1) is 0 Å². The smallest absolute Gasteiger partial charge is 0.131 e. The molecule has 4 heteroatoms. The Kier molecular flexibility index (Phi) is 4.17. The molecule has 0 unspecified atom stereocenters. The standard InChI is InChI=1S/C19H24FNO2/c1-18(12-22)10-21(11-19(18,2)13-23)9-14-7-8-17(20)16-6-4-3-5-15(14)16/h3-8,22-23H,9-13H2,1-2H3/t18-,19+. The van der Waals surface area contributed by atoms with E-state index in [-0.39, 0.29) is 29.9 Å². The van der Waals surface area contributed by atoms with Crippen LogP contribution >= 0.6 is 0 Å². The molecule has 3 nitrogen and oxygen atoms in total. The van der Waals surface area contributed by atoms with E-state index in [0.717, 1.165) is 10.9 Å². The lowest BCUT2D eigenvalue weighted by molar-refractivity contribution is 0.00976. The van der Waals surface area contributed by atoms with Crippen LogP contribution in [-0.4, -0.2) is 41.4 Å². The molecule has 1 aliphatic heterocycles. The maximum absolute atomic E-state index is 14.0. The Morgan fingerprint density at radius 1 is 0.957 bits per heavy atom. The van der Waals surface area contributed by atoms with E-state index in [1.807, 2.05) is 38.1 Å². The Morgan fingerprint density at radius 2 is 1.52 bits per heavy atom. The molecule has 1 heterocycles. The van der Waals surface area contributed by atoms with Gasteiger partial charge >= 0.3 is 0 Å². The first-order valence-electron chi connectivity index (χ1n) is 8.03. The number of aliphatic hydroxyl groups excluding tert-OH is 2. The van der Waals surface area contributed by atoms with Gasteiger partial charge in [0.15, 0.2) is 0 Å². The predicted octanol–water partition coefficient (Wildman–Crippen LogP) is 2.79. The van der Waals surface area contributed by atoms with Crippen molar-refractivity contribution in [3.05, 3.63) is 47.8 Å². The summed E-state index contributed by atoms with van der Waals surface area (Å²) in [6.45, 7) is 6.25. The first kappa shape index (κ1) is 16.4. The van der Waals surface area contributed by atoms with E-state index in [4.69, 9.17) is 0 Å². The van der Waals surface area contributed by atoms with E-state index in [0.29, 0.717) is 25.0 Å². The number of aliphatic hydroxyl groups is 2. The molecule has 2 N–H and O–H groups in total. The van der Waals surface area contributed by atoms with E-state index in [2.05, 4.69) is 4.90 Å². The van der Waals surface area contributed by atoms with E-state index in [1.165, 1.54) is 6.07 Å². The van der Waals surface area contributed by atoms with Crippen molar-refractivity contribution >= 4 is 10.8 Å². The molecule has 0 spiro atoms. The summed E-state index contributed by atoms with van der Waals surface area (Å²) in [5, 5.41) is 21.2. The third-order valence-corrected chi connectivity index (χ3v) is 5.66. The van der Waals surface area contributed by atoms with Gasteiger partial charge in [-0.1, -0.05) is 44.2 Å². The number of likely N-dealkylation sites (tertiary alicyclic amines) is 1. The Morgan fingerprint density at radius 3 is 2.09 bits per heavy atom. The van der Waals surface area contributed by atoms with Crippen LogP contribution in [0.25, 0.3) is 10.8 Å². The van der Waals surface area contributed by atoms with Crippen molar-refractivity contribution in [3.8, 4) is 0 Å². The highest BCUT2D eigenvalue weighted by Crippen LogP contribution is 2.45. The lowest BCUT2D eigenvalue weighted by Gasteiger charge is -2.36. The molecule has 2 aromatic carbocycles. The van der Waals surface area contributed by atoms with Crippen LogP contribution in [0.1, 0.15) is 19.4 Å². The average molecular weight is 317 g/mol. The monoisotopic (exact) mass is 317 g/mol. The maximum atomic E-state index is 14.0. The molecule has 23 heavy (non-hydrogen) atoms. The number of halogens is 1. The Hall–Kier alpha value is -1.49. The molecule has 2 aromatic rings. The molecule has 0 aromatic heterocycles. The Labute approximate surface area is 136 Å². The van der Waals surface area contributed by atoms with Crippen molar-refractivity contribution < 1.29 is 14.6 Å². The van der Waals surface area contributed by atoms with Crippen molar-refractivity contribution in [2.24, 2.45) is 10.8 Å². The van der Waals surface area contributed by atoms with Gasteiger partial charge in [0.05, 0.1) is 13.2 Å². The average Bonchev–Trinajstić information content (AvgIpc) is 2.82. The summed E-state index contributed by atoms with van der Waals surface area (Å²) >= 11 is 0. The molecule has 0 saturated carbocycles. The molecule has 0 aliphatic carbocycles. The first-order chi connectivity index (χ1) is 10.9. The summed E-state index contributed by atoms with van der Waals surface area (Å²) in [6, 6.07) is 10.9. The van der Waals surface area contributed by atoms with Crippen LogP contribution < -0.4 is 0 Å². The summed E-state index contributed by atoms with van der Waals surface area (Å²) in [6.07, 6.45) is 0.